The van der Waals surface area contributed by atoms with Gasteiger partial charge in [-0.05, 0) is 45.2 Å². The molecule has 1 fully saturated rings. The summed E-state index contributed by atoms with van der Waals surface area (Å²) in [6, 6.07) is 1.35. The van der Waals surface area contributed by atoms with E-state index in [1.165, 1.54) is 42.6 Å². The van der Waals surface area contributed by atoms with Crippen molar-refractivity contribution in [2.45, 2.75) is 44.7 Å². The molecule has 2 aliphatic heterocycles. The molecule has 0 aliphatic carbocycles. The molecule has 0 amide bonds. The van der Waals surface area contributed by atoms with Crippen LogP contribution in [-0.4, -0.2) is 27.8 Å². The first kappa shape index (κ1) is 9.40. The minimum atomic E-state index is 0.590. The Balaban J connectivity index is 2.12. The molecule has 1 aromatic heterocycles. The Morgan fingerprint density at radius 1 is 1.27 bits per heavy atom. The van der Waals surface area contributed by atoms with Gasteiger partial charge in [-0.1, -0.05) is 0 Å². The van der Waals surface area contributed by atoms with Gasteiger partial charge < -0.3 is 0 Å². The van der Waals surface area contributed by atoms with Crippen LogP contribution in [0.15, 0.2) is 0 Å². The highest BCUT2D eigenvalue weighted by Gasteiger charge is 2.37. The molecule has 2 atom stereocenters. The van der Waals surface area contributed by atoms with Gasteiger partial charge in [-0.25, -0.2) is 0 Å². The molecule has 3 rings (SSSR count). The summed E-state index contributed by atoms with van der Waals surface area (Å²) in [5.74, 6) is 0. The maximum Gasteiger partial charge on any atom is 0.0831 e. The third-order valence-corrected chi connectivity index (χ3v) is 4.33. The third kappa shape index (κ3) is 1.19. The van der Waals surface area contributed by atoms with Crippen molar-refractivity contribution in [2.24, 2.45) is 7.05 Å². The molecular formula is C12H19N3. The summed E-state index contributed by atoms with van der Waals surface area (Å²) in [5.41, 5.74) is 4.26. The number of hydrogen-bond acceptors (Lipinski definition) is 2. The maximum absolute atomic E-state index is 4.70. The highest BCUT2D eigenvalue weighted by molar-refractivity contribution is 5.32. The second kappa shape index (κ2) is 3.08. The van der Waals surface area contributed by atoms with Crippen LogP contribution in [0.25, 0.3) is 0 Å². The van der Waals surface area contributed by atoms with Crippen molar-refractivity contribution < 1.29 is 0 Å². The van der Waals surface area contributed by atoms with Gasteiger partial charge in [-0.15, -0.1) is 0 Å². The van der Waals surface area contributed by atoms with E-state index in [2.05, 4.69) is 30.6 Å². The van der Waals surface area contributed by atoms with Crippen molar-refractivity contribution in [3.05, 3.63) is 17.0 Å². The van der Waals surface area contributed by atoms with Crippen molar-refractivity contribution in [3.8, 4) is 0 Å². The van der Waals surface area contributed by atoms with E-state index >= 15 is 0 Å². The minimum absolute atomic E-state index is 0.590. The van der Waals surface area contributed by atoms with E-state index in [-0.39, 0.29) is 0 Å². The summed E-state index contributed by atoms with van der Waals surface area (Å²) < 4.78 is 2.05. The SMILES string of the molecule is Cc1c2c(nn1C)[C@H]1CCC[C@@H](C2)N1C. The summed E-state index contributed by atoms with van der Waals surface area (Å²) in [5, 5.41) is 4.70. The summed E-state index contributed by atoms with van der Waals surface area (Å²) >= 11 is 0. The summed E-state index contributed by atoms with van der Waals surface area (Å²) in [6.45, 7) is 2.20. The average molecular weight is 205 g/mol. The van der Waals surface area contributed by atoms with Gasteiger partial charge in [-0.2, -0.15) is 5.10 Å². The fourth-order valence-corrected chi connectivity index (χ4v) is 3.22. The number of piperidine rings is 1. The van der Waals surface area contributed by atoms with Crippen LogP contribution in [-0.2, 0) is 13.5 Å². The number of fused-ring (bicyclic) bond motifs is 4. The number of rotatable bonds is 0. The standard InChI is InChI=1S/C12H19N3/c1-8-10-7-9-5-4-6-11(14(9)2)12(10)13-15(8)3/h9,11H,4-7H2,1-3H3/t9-,11+/m0/s1. The molecule has 0 saturated carbocycles. The first-order valence-corrected chi connectivity index (χ1v) is 5.93. The van der Waals surface area contributed by atoms with E-state index < -0.39 is 0 Å². The molecule has 0 N–H and O–H groups in total. The normalized spacial score (nSPS) is 30.3. The molecular weight excluding hydrogens is 186 g/mol. The highest BCUT2D eigenvalue weighted by Crippen LogP contribution is 2.40. The monoisotopic (exact) mass is 205 g/mol. The fraction of sp³-hybridized carbons (Fsp3) is 0.750. The molecule has 3 heteroatoms. The van der Waals surface area contributed by atoms with Crippen LogP contribution >= 0.6 is 0 Å². The molecule has 0 aromatic carbocycles. The number of likely N-dealkylation sites (N-methyl/N-ethyl adjacent to an activating group) is 1. The molecule has 3 nitrogen and oxygen atoms in total. The summed E-state index contributed by atoms with van der Waals surface area (Å²) in [6.07, 6.45) is 5.23. The number of nitrogens with zero attached hydrogens (tertiary/aromatic N) is 3. The van der Waals surface area contributed by atoms with Gasteiger partial charge in [0, 0.05) is 18.8 Å². The largest absolute Gasteiger partial charge is 0.294 e. The van der Waals surface area contributed by atoms with Crippen LogP contribution in [0.5, 0.6) is 0 Å². The van der Waals surface area contributed by atoms with Crippen molar-refractivity contribution in [1.82, 2.24) is 14.7 Å². The van der Waals surface area contributed by atoms with Gasteiger partial charge in [0.1, 0.15) is 0 Å². The van der Waals surface area contributed by atoms with Gasteiger partial charge in [-0.3, -0.25) is 9.58 Å². The van der Waals surface area contributed by atoms with E-state index in [1.807, 2.05) is 0 Å². The van der Waals surface area contributed by atoms with E-state index in [0.29, 0.717) is 6.04 Å². The van der Waals surface area contributed by atoms with E-state index in [4.69, 9.17) is 5.10 Å². The van der Waals surface area contributed by atoms with Crippen molar-refractivity contribution >= 4 is 0 Å². The molecule has 0 unspecified atom stereocenters. The lowest BCUT2D eigenvalue weighted by atomic mass is 9.83. The van der Waals surface area contributed by atoms with E-state index in [9.17, 15) is 0 Å². The highest BCUT2D eigenvalue weighted by atomic mass is 15.3. The zero-order chi connectivity index (χ0) is 10.6. The number of aromatic nitrogens is 2. The van der Waals surface area contributed by atoms with Gasteiger partial charge in [0.05, 0.1) is 11.7 Å². The van der Waals surface area contributed by atoms with E-state index in [0.717, 1.165) is 6.04 Å². The third-order valence-electron chi connectivity index (χ3n) is 4.33. The van der Waals surface area contributed by atoms with Gasteiger partial charge in [0.15, 0.2) is 0 Å². The van der Waals surface area contributed by atoms with Crippen molar-refractivity contribution in [3.63, 3.8) is 0 Å². The Morgan fingerprint density at radius 3 is 2.87 bits per heavy atom. The van der Waals surface area contributed by atoms with Crippen LogP contribution in [0.4, 0.5) is 0 Å². The zero-order valence-corrected chi connectivity index (χ0v) is 9.82. The molecule has 0 spiro atoms. The Morgan fingerprint density at radius 2 is 2.07 bits per heavy atom. The lowest BCUT2D eigenvalue weighted by molar-refractivity contribution is 0.0970. The average Bonchev–Trinajstić information content (AvgIpc) is 2.45. The quantitative estimate of drug-likeness (QED) is 0.644. The predicted molar refractivity (Wildman–Crippen MR) is 59.8 cm³/mol. The summed E-state index contributed by atoms with van der Waals surface area (Å²) in [4.78, 5) is 2.54. The second-order valence-corrected chi connectivity index (χ2v) is 5.04. The lowest BCUT2D eigenvalue weighted by Crippen LogP contribution is -2.44. The second-order valence-electron chi connectivity index (χ2n) is 5.04. The smallest absolute Gasteiger partial charge is 0.0831 e. The minimum Gasteiger partial charge on any atom is -0.294 e. The lowest BCUT2D eigenvalue weighted by Gasteiger charge is -2.43. The molecule has 0 radical (unpaired) electrons. The molecule has 3 heterocycles. The van der Waals surface area contributed by atoms with Gasteiger partial charge in [0.2, 0.25) is 0 Å². The van der Waals surface area contributed by atoms with E-state index in [1.54, 1.807) is 0 Å². The zero-order valence-electron chi connectivity index (χ0n) is 9.82. The maximum atomic E-state index is 4.70. The molecule has 2 bridgehead atoms. The Bertz CT molecular complexity index is 394. The molecule has 2 aliphatic rings. The first-order valence-electron chi connectivity index (χ1n) is 5.93. The molecule has 82 valence electrons. The van der Waals surface area contributed by atoms with Gasteiger partial charge in [0.25, 0.3) is 0 Å². The Hall–Kier alpha value is -0.830. The molecule has 15 heavy (non-hydrogen) atoms. The van der Waals surface area contributed by atoms with Crippen LogP contribution in [0, 0.1) is 6.92 Å². The van der Waals surface area contributed by atoms with Crippen LogP contribution in [0.3, 0.4) is 0 Å². The number of hydrogen-bond donors (Lipinski definition) is 0. The Kier molecular flexibility index (Phi) is 1.93. The van der Waals surface area contributed by atoms with Crippen molar-refractivity contribution in [2.75, 3.05) is 7.05 Å². The fourth-order valence-electron chi connectivity index (χ4n) is 3.22. The topological polar surface area (TPSA) is 21.1 Å². The predicted octanol–water partition coefficient (Wildman–Crippen LogP) is 1.81. The Labute approximate surface area is 91.1 Å². The van der Waals surface area contributed by atoms with Crippen molar-refractivity contribution in [1.29, 1.82) is 0 Å². The van der Waals surface area contributed by atoms with Crippen LogP contribution < -0.4 is 0 Å². The first-order chi connectivity index (χ1) is 7.18. The number of aryl methyl sites for hydroxylation is 1. The van der Waals surface area contributed by atoms with Gasteiger partial charge >= 0.3 is 0 Å². The van der Waals surface area contributed by atoms with Crippen LogP contribution in [0.2, 0.25) is 0 Å². The van der Waals surface area contributed by atoms with Crippen LogP contribution in [0.1, 0.15) is 42.3 Å². The summed E-state index contributed by atoms with van der Waals surface area (Å²) in [7, 11) is 4.33. The molecule has 1 aromatic rings. The molecule has 1 saturated heterocycles.